The molecule has 0 bridgehead atoms. The minimum Gasteiger partial charge on any atom is -0.492 e. The summed E-state index contributed by atoms with van der Waals surface area (Å²) in [6, 6.07) is 9.73. The largest absolute Gasteiger partial charge is 0.492 e. The third kappa shape index (κ3) is 3.97. The molecule has 0 spiro atoms. The van der Waals surface area contributed by atoms with Gasteiger partial charge in [0.1, 0.15) is 17.2 Å². The molecule has 1 aromatic carbocycles. The first-order chi connectivity index (χ1) is 13.1. The monoisotopic (exact) mass is 400 g/mol. The second kappa shape index (κ2) is 7.67. The van der Waals surface area contributed by atoms with E-state index >= 15 is 0 Å². The number of ether oxygens (including phenoxy) is 1. The van der Waals surface area contributed by atoms with E-state index in [-0.39, 0.29) is 5.91 Å². The normalized spacial score (nSPS) is 11.5. The second-order valence-corrected chi connectivity index (χ2v) is 8.35. The van der Waals surface area contributed by atoms with Crippen molar-refractivity contribution in [3.63, 3.8) is 0 Å². The van der Waals surface area contributed by atoms with Crippen molar-refractivity contribution in [2.75, 3.05) is 27.2 Å². The van der Waals surface area contributed by atoms with Gasteiger partial charge in [-0.15, -0.1) is 22.7 Å². The predicted octanol–water partition coefficient (Wildman–Crippen LogP) is 3.48. The summed E-state index contributed by atoms with van der Waals surface area (Å²) >= 11 is 3.01. The molecule has 0 aliphatic heterocycles. The minimum atomic E-state index is -0.0825. The van der Waals surface area contributed by atoms with E-state index in [0.717, 1.165) is 33.2 Å². The number of thiazole rings is 1. The Morgan fingerprint density at radius 3 is 3.07 bits per heavy atom. The first kappa shape index (κ1) is 18.0. The molecule has 0 saturated carbocycles. The topological polar surface area (TPSA) is 58.9 Å². The number of hydrogen-bond donors (Lipinski definition) is 1. The molecule has 4 rings (SSSR count). The van der Waals surface area contributed by atoms with Gasteiger partial charge in [0.15, 0.2) is 4.96 Å². The van der Waals surface area contributed by atoms with Crippen LogP contribution in [0.2, 0.25) is 0 Å². The number of likely N-dealkylation sites (N-methyl/N-ethyl adjacent to an activating group) is 1. The van der Waals surface area contributed by atoms with Crippen LogP contribution in [-0.4, -0.2) is 47.4 Å². The number of aromatic nitrogens is 2. The zero-order valence-electron chi connectivity index (χ0n) is 15.1. The molecule has 0 aliphatic carbocycles. The molecule has 140 valence electrons. The summed E-state index contributed by atoms with van der Waals surface area (Å²) < 4.78 is 7.76. The van der Waals surface area contributed by atoms with E-state index in [1.54, 1.807) is 11.3 Å². The Kier molecular flexibility index (Phi) is 5.11. The summed E-state index contributed by atoms with van der Waals surface area (Å²) in [5, 5.41) is 4.98. The first-order valence-electron chi connectivity index (χ1n) is 8.60. The highest BCUT2D eigenvalue weighted by atomic mass is 32.1. The number of hydrogen-bond acceptors (Lipinski definition) is 6. The molecule has 1 amide bonds. The van der Waals surface area contributed by atoms with E-state index in [4.69, 9.17) is 4.74 Å². The van der Waals surface area contributed by atoms with Gasteiger partial charge in [-0.3, -0.25) is 9.20 Å². The van der Waals surface area contributed by atoms with Crippen molar-refractivity contribution in [2.24, 2.45) is 0 Å². The molecular weight excluding hydrogens is 380 g/mol. The van der Waals surface area contributed by atoms with Crippen molar-refractivity contribution >= 4 is 43.9 Å². The van der Waals surface area contributed by atoms with Gasteiger partial charge in [-0.2, -0.15) is 0 Å². The van der Waals surface area contributed by atoms with E-state index in [1.807, 2.05) is 60.4 Å². The summed E-state index contributed by atoms with van der Waals surface area (Å²) in [5.41, 5.74) is 1.99. The third-order valence-corrected chi connectivity index (χ3v) is 5.90. The number of imidazole rings is 1. The lowest BCUT2D eigenvalue weighted by atomic mass is 10.2. The van der Waals surface area contributed by atoms with Crippen LogP contribution < -0.4 is 10.1 Å². The highest BCUT2D eigenvalue weighted by molar-refractivity contribution is 7.21. The lowest BCUT2D eigenvalue weighted by Gasteiger charge is -2.12. The van der Waals surface area contributed by atoms with Gasteiger partial charge in [-0.1, -0.05) is 12.1 Å². The number of fused-ring (bicyclic) bond motifs is 3. The van der Waals surface area contributed by atoms with Crippen LogP contribution in [0.15, 0.2) is 41.9 Å². The van der Waals surface area contributed by atoms with Crippen molar-refractivity contribution in [2.45, 2.75) is 6.54 Å². The SMILES string of the molecule is CN(C)CCOc1cccc(CNC(=O)c2cc3c(nc4sccn43)s2)c1. The van der Waals surface area contributed by atoms with Gasteiger partial charge >= 0.3 is 0 Å². The maximum Gasteiger partial charge on any atom is 0.261 e. The average molecular weight is 401 g/mol. The Balaban J connectivity index is 1.39. The highest BCUT2D eigenvalue weighted by Gasteiger charge is 2.14. The predicted molar refractivity (Wildman–Crippen MR) is 110 cm³/mol. The summed E-state index contributed by atoms with van der Waals surface area (Å²) in [5.74, 6) is 0.736. The molecular formula is C19H20N4O2S2. The van der Waals surface area contributed by atoms with E-state index in [9.17, 15) is 4.79 Å². The smallest absolute Gasteiger partial charge is 0.261 e. The zero-order valence-corrected chi connectivity index (χ0v) is 16.8. The fraction of sp³-hybridized carbons (Fsp3) is 0.263. The van der Waals surface area contributed by atoms with Gasteiger partial charge in [0, 0.05) is 24.7 Å². The Labute approximate surface area is 165 Å². The highest BCUT2D eigenvalue weighted by Crippen LogP contribution is 2.28. The molecule has 0 radical (unpaired) electrons. The minimum absolute atomic E-state index is 0.0825. The Bertz CT molecular complexity index is 1080. The van der Waals surface area contributed by atoms with Crippen LogP contribution in [0.25, 0.3) is 15.3 Å². The van der Waals surface area contributed by atoms with Gasteiger partial charge in [0.2, 0.25) is 0 Å². The van der Waals surface area contributed by atoms with Crippen molar-refractivity contribution in [3.8, 4) is 5.75 Å². The number of benzene rings is 1. The number of thiophene rings is 1. The maximum atomic E-state index is 12.5. The van der Waals surface area contributed by atoms with Crippen LogP contribution in [0.1, 0.15) is 15.2 Å². The van der Waals surface area contributed by atoms with Gasteiger partial charge in [0.25, 0.3) is 5.91 Å². The molecule has 0 saturated heterocycles. The number of carbonyl (C=O) groups excluding carboxylic acids is 1. The van der Waals surface area contributed by atoms with Crippen LogP contribution in [0.5, 0.6) is 5.75 Å². The van der Waals surface area contributed by atoms with E-state index in [1.165, 1.54) is 11.3 Å². The van der Waals surface area contributed by atoms with Crippen LogP contribution in [-0.2, 0) is 6.54 Å². The van der Waals surface area contributed by atoms with Crippen molar-refractivity contribution < 1.29 is 9.53 Å². The Hall–Kier alpha value is -2.42. The lowest BCUT2D eigenvalue weighted by molar-refractivity contribution is 0.0955. The molecule has 0 unspecified atom stereocenters. The van der Waals surface area contributed by atoms with Gasteiger partial charge in [-0.25, -0.2) is 4.98 Å². The number of nitrogens with one attached hydrogen (secondary N) is 1. The molecule has 0 aliphatic rings. The molecule has 1 N–H and O–H groups in total. The third-order valence-electron chi connectivity index (χ3n) is 4.12. The number of nitrogens with zero attached hydrogens (tertiary/aromatic N) is 3. The van der Waals surface area contributed by atoms with Gasteiger partial charge < -0.3 is 15.0 Å². The summed E-state index contributed by atoms with van der Waals surface area (Å²) in [4.78, 5) is 21.7. The first-order valence-corrected chi connectivity index (χ1v) is 10.3. The Morgan fingerprint density at radius 2 is 2.22 bits per heavy atom. The van der Waals surface area contributed by atoms with E-state index in [2.05, 4.69) is 15.2 Å². The lowest BCUT2D eigenvalue weighted by Crippen LogP contribution is -2.22. The number of rotatable bonds is 7. The molecule has 0 fully saturated rings. The molecule has 4 aromatic rings. The molecule has 8 heteroatoms. The van der Waals surface area contributed by atoms with Gasteiger partial charge in [0.05, 0.1) is 10.4 Å². The number of amides is 1. The number of carbonyl (C=O) groups is 1. The van der Waals surface area contributed by atoms with E-state index < -0.39 is 0 Å². The molecule has 6 nitrogen and oxygen atoms in total. The molecule has 0 atom stereocenters. The summed E-state index contributed by atoms with van der Waals surface area (Å²) in [6.07, 6.45) is 1.98. The van der Waals surface area contributed by atoms with Crippen LogP contribution in [0.3, 0.4) is 0 Å². The van der Waals surface area contributed by atoms with Crippen LogP contribution in [0.4, 0.5) is 0 Å². The zero-order chi connectivity index (χ0) is 18.8. The van der Waals surface area contributed by atoms with Crippen molar-refractivity contribution in [1.82, 2.24) is 19.6 Å². The van der Waals surface area contributed by atoms with Crippen molar-refractivity contribution in [3.05, 3.63) is 52.3 Å². The van der Waals surface area contributed by atoms with Gasteiger partial charge in [-0.05, 0) is 37.9 Å². The van der Waals surface area contributed by atoms with E-state index in [0.29, 0.717) is 18.0 Å². The average Bonchev–Trinajstić information content (AvgIpc) is 3.32. The maximum absolute atomic E-state index is 12.5. The quantitative estimate of drug-likeness (QED) is 0.516. The Morgan fingerprint density at radius 1 is 1.33 bits per heavy atom. The second-order valence-electron chi connectivity index (χ2n) is 6.45. The fourth-order valence-corrected chi connectivity index (χ4v) is 4.44. The standard InChI is InChI=1S/C19H20N4O2S2/c1-22(2)6-8-25-14-5-3-4-13(10-14)12-20-17(24)16-11-15-18(27-16)21-19-23(15)7-9-26-19/h3-5,7,9-11H,6,8,12H2,1-2H3,(H,20,24). The van der Waals surface area contributed by atoms with Crippen molar-refractivity contribution in [1.29, 1.82) is 0 Å². The summed E-state index contributed by atoms with van der Waals surface area (Å²) in [6.45, 7) is 1.95. The van der Waals surface area contributed by atoms with Crippen LogP contribution >= 0.6 is 22.7 Å². The molecule has 3 aromatic heterocycles. The fourth-order valence-electron chi connectivity index (χ4n) is 2.72. The summed E-state index contributed by atoms with van der Waals surface area (Å²) in [7, 11) is 4.03. The molecule has 3 heterocycles. The molecule has 27 heavy (non-hydrogen) atoms. The van der Waals surface area contributed by atoms with Crippen LogP contribution in [0, 0.1) is 0 Å².